The molecule has 0 spiro atoms. The summed E-state index contributed by atoms with van der Waals surface area (Å²) < 4.78 is 2.28. The van der Waals surface area contributed by atoms with Crippen molar-refractivity contribution in [3.8, 4) is 0 Å². The predicted molar refractivity (Wildman–Crippen MR) is 133 cm³/mol. The zero-order valence-electron chi connectivity index (χ0n) is 20.4. The minimum absolute atomic E-state index is 0.0496. The number of imide groups is 1. The molecule has 3 fully saturated rings. The Labute approximate surface area is 195 Å². The van der Waals surface area contributed by atoms with E-state index in [0.29, 0.717) is 0 Å². The van der Waals surface area contributed by atoms with Gasteiger partial charge in [-0.15, -0.1) is 0 Å². The summed E-state index contributed by atoms with van der Waals surface area (Å²) in [5.74, 6) is 0.333. The molecule has 4 nitrogen and oxygen atoms in total. The molecule has 0 aromatic heterocycles. The lowest BCUT2D eigenvalue weighted by molar-refractivity contribution is -0.138. The van der Waals surface area contributed by atoms with Gasteiger partial charge in [-0.1, -0.05) is 89.6 Å². The number of rotatable bonds is 7. The highest BCUT2D eigenvalue weighted by Gasteiger charge is 2.66. The fourth-order valence-corrected chi connectivity index (χ4v) is 11.3. The average molecular weight is 455 g/mol. The maximum absolute atomic E-state index is 14.7. The van der Waals surface area contributed by atoms with Crippen LogP contribution < -0.4 is 0 Å². The zero-order valence-corrected chi connectivity index (χ0v) is 21.4. The van der Waals surface area contributed by atoms with Gasteiger partial charge < -0.3 is 4.57 Å². The third kappa shape index (κ3) is 3.55. The molecule has 4 rings (SSSR count). The molecule has 5 heteroatoms. The second-order valence-electron chi connectivity index (χ2n) is 10.3. The largest absolute Gasteiger partial charge is 0.333 e. The van der Waals surface area contributed by atoms with Crippen molar-refractivity contribution in [3.05, 3.63) is 35.9 Å². The number of hydrogen-bond donors (Lipinski definition) is 0. The number of hydrogen-bond acceptors (Lipinski definition) is 2. The molecule has 1 aliphatic heterocycles. The van der Waals surface area contributed by atoms with Gasteiger partial charge in [0.2, 0.25) is 0 Å². The van der Waals surface area contributed by atoms with Crippen LogP contribution in [0, 0.1) is 5.92 Å². The number of nitrogens with zero attached hydrogens (tertiary/aromatic N) is 2. The van der Waals surface area contributed by atoms with Gasteiger partial charge >= 0.3 is 6.03 Å². The first-order valence-corrected chi connectivity index (χ1v) is 15.9. The van der Waals surface area contributed by atoms with Crippen molar-refractivity contribution in [2.24, 2.45) is 5.92 Å². The molecule has 3 aliphatic rings. The van der Waals surface area contributed by atoms with Crippen LogP contribution in [-0.2, 0) is 10.3 Å². The SMILES string of the molecule is CC[Si](CC)(CC)N1C(=O)N(C2CCCCC2)C(=O)C1(c1ccccc1)C1CCCCC1. The predicted octanol–water partition coefficient (Wildman–Crippen LogP) is 7.06. The molecule has 2 saturated carbocycles. The summed E-state index contributed by atoms with van der Waals surface area (Å²) >= 11 is 0. The Hall–Kier alpha value is -1.62. The molecule has 0 radical (unpaired) electrons. The molecule has 0 bridgehead atoms. The van der Waals surface area contributed by atoms with E-state index in [-0.39, 0.29) is 23.9 Å². The van der Waals surface area contributed by atoms with Gasteiger partial charge in [0.25, 0.3) is 5.91 Å². The minimum atomic E-state index is -2.18. The van der Waals surface area contributed by atoms with Crippen LogP contribution in [0.3, 0.4) is 0 Å². The van der Waals surface area contributed by atoms with Crippen molar-refractivity contribution in [1.82, 2.24) is 9.47 Å². The van der Waals surface area contributed by atoms with Crippen LogP contribution in [0.4, 0.5) is 4.79 Å². The quantitative estimate of drug-likeness (QED) is 0.327. The van der Waals surface area contributed by atoms with Gasteiger partial charge in [-0.2, -0.15) is 0 Å². The van der Waals surface area contributed by atoms with Gasteiger partial charge in [0.1, 0.15) is 5.54 Å². The summed E-state index contributed by atoms with van der Waals surface area (Å²) in [6.45, 7) is 6.78. The number of amides is 3. The number of carbonyl (C=O) groups excluding carboxylic acids is 2. The summed E-state index contributed by atoms with van der Waals surface area (Å²) in [5, 5.41) is 0. The fraction of sp³-hybridized carbons (Fsp3) is 0.704. The maximum atomic E-state index is 14.7. The van der Waals surface area contributed by atoms with E-state index in [0.717, 1.165) is 75.1 Å². The average Bonchev–Trinajstić information content (AvgIpc) is 3.10. The van der Waals surface area contributed by atoms with Crippen molar-refractivity contribution in [2.45, 2.75) is 115 Å². The first-order valence-electron chi connectivity index (χ1n) is 13.3. The monoisotopic (exact) mass is 454 g/mol. The van der Waals surface area contributed by atoms with E-state index in [1.807, 2.05) is 6.07 Å². The van der Waals surface area contributed by atoms with Crippen LogP contribution in [0.1, 0.15) is 90.5 Å². The maximum Gasteiger partial charge on any atom is 0.320 e. The third-order valence-corrected chi connectivity index (χ3v) is 14.5. The molecular weight excluding hydrogens is 412 g/mol. The number of benzene rings is 1. The summed E-state index contributed by atoms with van der Waals surface area (Å²) in [7, 11) is -2.18. The van der Waals surface area contributed by atoms with Gasteiger partial charge in [0.15, 0.2) is 8.24 Å². The molecule has 2 aliphatic carbocycles. The van der Waals surface area contributed by atoms with Gasteiger partial charge in [-0.05, 0) is 55.3 Å². The Bertz CT molecular complexity index is 789. The smallest absolute Gasteiger partial charge is 0.320 e. The molecule has 1 aromatic carbocycles. The molecule has 1 atom stereocenters. The summed E-state index contributed by atoms with van der Waals surface area (Å²) in [6, 6.07) is 13.6. The molecule has 0 N–H and O–H groups in total. The van der Waals surface area contributed by atoms with Crippen molar-refractivity contribution < 1.29 is 9.59 Å². The molecule has 176 valence electrons. The van der Waals surface area contributed by atoms with E-state index in [1.165, 1.54) is 12.8 Å². The normalized spacial score (nSPS) is 26.2. The van der Waals surface area contributed by atoms with Gasteiger partial charge in [0.05, 0.1) is 0 Å². The van der Waals surface area contributed by atoms with E-state index in [2.05, 4.69) is 49.6 Å². The lowest BCUT2D eigenvalue weighted by Crippen LogP contribution is -2.64. The second kappa shape index (κ2) is 9.70. The van der Waals surface area contributed by atoms with Gasteiger partial charge in [-0.25, -0.2) is 4.79 Å². The Balaban J connectivity index is 1.95. The number of urea groups is 1. The van der Waals surface area contributed by atoms with Crippen LogP contribution in [0.2, 0.25) is 18.1 Å². The summed E-state index contributed by atoms with van der Waals surface area (Å²) in [6.07, 6.45) is 11.1. The van der Waals surface area contributed by atoms with E-state index < -0.39 is 13.8 Å². The first-order chi connectivity index (χ1) is 15.6. The van der Waals surface area contributed by atoms with Crippen molar-refractivity contribution in [1.29, 1.82) is 0 Å². The minimum Gasteiger partial charge on any atom is -0.333 e. The number of carbonyl (C=O) groups is 2. The van der Waals surface area contributed by atoms with Crippen molar-refractivity contribution in [2.75, 3.05) is 0 Å². The summed E-state index contributed by atoms with van der Waals surface area (Å²) in [4.78, 5) is 30.9. The van der Waals surface area contributed by atoms with E-state index in [9.17, 15) is 9.59 Å². The van der Waals surface area contributed by atoms with Crippen LogP contribution in [0.25, 0.3) is 0 Å². The Morgan fingerprint density at radius 2 is 1.34 bits per heavy atom. The highest BCUT2D eigenvalue weighted by atomic mass is 28.3. The second-order valence-corrected chi connectivity index (χ2v) is 15.4. The van der Waals surface area contributed by atoms with E-state index >= 15 is 0 Å². The highest BCUT2D eigenvalue weighted by Crippen LogP contribution is 2.53. The third-order valence-electron chi connectivity index (χ3n) is 9.09. The van der Waals surface area contributed by atoms with E-state index in [1.54, 1.807) is 4.90 Å². The highest BCUT2D eigenvalue weighted by molar-refractivity contribution is 6.79. The lowest BCUT2D eigenvalue weighted by atomic mass is 9.70. The molecule has 1 unspecified atom stereocenters. The Morgan fingerprint density at radius 1 is 0.812 bits per heavy atom. The first kappa shape index (κ1) is 23.5. The zero-order chi connectivity index (χ0) is 22.8. The van der Waals surface area contributed by atoms with Crippen LogP contribution in [0.15, 0.2) is 30.3 Å². The molecule has 1 heterocycles. The molecule has 1 saturated heterocycles. The Morgan fingerprint density at radius 3 is 1.88 bits per heavy atom. The van der Waals surface area contributed by atoms with Gasteiger partial charge in [-0.3, -0.25) is 9.69 Å². The van der Waals surface area contributed by atoms with Crippen LogP contribution >= 0.6 is 0 Å². The van der Waals surface area contributed by atoms with Crippen molar-refractivity contribution >= 4 is 20.2 Å². The molecular formula is C27H42N2O2Si. The van der Waals surface area contributed by atoms with Crippen molar-refractivity contribution in [3.63, 3.8) is 0 Å². The molecule has 3 amide bonds. The Kier molecular flexibility index (Phi) is 7.14. The fourth-order valence-electron chi connectivity index (χ4n) is 7.15. The molecule has 1 aromatic rings. The summed E-state index contributed by atoms with van der Waals surface area (Å²) in [5.41, 5.74) is 0.264. The van der Waals surface area contributed by atoms with E-state index in [4.69, 9.17) is 0 Å². The van der Waals surface area contributed by atoms with Crippen LogP contribution in [-0.4, -0.2) is 35.7 Å². The standard InChI is InChI=1S/C27H42N2O2Si/c1-4-32(5-2,6-3)29-26(31)28(24-20-14-9-15-21-24)25(30)27(29,22-16-10-7-11-17-22)23-18-12-8-13-19-23/h7,10-11,16-17,23-24H,4-6,8-9,12-15,18-21H2,1-3H3. The van der Waals surface area contributed by atoms with Crippen LogP contribution in [0.5, 0.6) is 0 Å². The lowest BCUT2D eigenvalue weighted by Gasteiger charge is -2.51. The molecule has 32 heavy (non-hydrogen) atoms. The van der Waals surface area contributed by atoms with Gasteiger partial charge in [0, 0.05) is 6.04 Å². The topological polar surface area (TPSA) is 40.6 Å².